The summed E-state index contributed by atoms with van der Waals surface area (Å²) in [6, 6.07) is 7.63. The molecule has 0 aliphatic carbocycles. The molecule has 2 atom stereocenters. The van der Waals surface area contributed by atoms with Crippen LogP contribution in [-0.2, 0) is 9.16 Å². The molecule has 1 aromatic carbocycles. The minimum Gasteiger partial charge on any atom is -0.443 e. The van der Waals surface area contributed by atoms with Crippen LogP contribution >= 0.6 is 0 Å². The molecule has 2 rings (SSSR count). The van der Waals surface area contributed by atoms with Gasteiger partial charge in [0.1, 0.15) is 5.60 Å². The van der Waals surface area contributed by atoms with E-state index in [4.69, 9.17) is 9.16 Å². The monoisotopic (exact) mass is 375 g/mol. The smallest absolute Gasteiger partial charge is 0.415 e. The van der Waals surface area contributed by atoms with Gasteiger partial charge in [0.05, 0.1) is 17.8 Å². The van der Waals surface area contributed by atoms with E-state index >= 15 is 0 Å². The Bertz CT molecular complexity index is 685. The molecule has 1 amide bonds. The number of para-hydroxylation sites is 1. The number of fused-ring (bicyclic) bond motifs is 1. The second kappa shape index (κ2) is 6.85. The third kappa shape index (κ3) is 4.04. The molecule has 1 aliphatic heterocycles. The third-order valence-electron chi connectivity index (χ3n) is 5.17. The number of nitrogens with zero attached hydrogens (tertiary/aromatic N) is 1. The summed E-state index contributed by atoms with van der Waals surface area (Å²) in [6.45, 7) is 20.7. The van der Waals surface area contributed by atoms with Crippen molar-refractivity contribution in [3.8, 4) is 0 Å². The summed E-state index contributed by atoms with van der Waals surface area (Å²) >= 11 is 0. The van der Waals surface area contributed by atoms with Crippen molar-refractivity contribution < 1.29 is 14.0 Å². The van der Waals surface area contributed by atoms with Crippen LogP contribution in [0.4, 0.5) is 10.5 Å². The van der Waals surface area contributed by atoms with Gasteiger partial charge in [0.2, 0.25) is 0 Å². The normalized spacial score (nSPS) is 20.7. The summed E-state index contributed by atoms with van der Waals surface area (Å²) in [5.41, 5.74) is 1.30. The molecule has 144 valence electrons. The second-order valence-electron chi connectivity index (χ2n) is 9.43. The molecule has 0 spiro atoms. The predicted molar refractivity (Wildman–Crippen MR) is 110 cm³/mol. The van der Waals surface area contributed by atoms with Crippen molar-refractivity contribution in [2.24, 2.45) is 0 Å². The lowest BCUT2D eigenvalue weighted by Gasteiger charge is -2.40. The van der Waals surface area contributed by atoms with E-state index in [1.165, 1.54) is 0 Å². The summed E-state index contributed by atoms with van der Waals surface area (Å²) < 4.78 is 12.4. The van der Waals surface area contributed by atoms with Crippen LogP contribution in [0.3, 0.4) is 0 Å². The number of ether oxygens (including phenoxy) is 1. The SMILES string of the molecule is C=CC1C(O[Si](C)(C)C(C)(C)C)c2ccccc2N1C(=O)OC(C)(C)C. The van der Waals surface area contributed by atoms with Crippen LogP contribution < -0.4 is 4.90 Å². The highest BCUT2D eigenvalue weighted by atomic mass is 28.4. The van der Waals surface area contributed by atoms with E-state index in [1.54, 1.807) is 11.0 Å². The molecular weight excluding hydrogens is 342 g/mol. The molecule has 1 aliphatic rings. The van der Waals surface area contributed by atoms with Gasteiger partial charge < -0.3 is 9.16 Å². The van der Waals surface area contributed by atoms with Gasteiger partial charge in [-0.15, -0.1) is 6.58 Å². The highest BCUT2D eigenvalue weighted by molar-refractivity contribution is 6.74. The van der Waals surface area contributed by atoms with Gasteiger partial charge in [-0.3, -0.25) is 4.90 Å². The summed E-state index contributed by atoms with van der Waals surface area (Å²) in [5.74, 6) is 0. The zero-order chi connectivity index (χ0) is 19.9. The van der Waals surface area contributed by atoms with E-state index in [9.17, 15) is 4.79 Å². The fourth-order valence-electron chi connectivity index (χ4n) is 2.82. The first kappa shape index (κ1) is 20.7. The summed E-state index contributed by atoms with van der Waals surface area (Å²) in [5, 5.41) is 0.0764. The summed E-state index contributed by atoms with van der Waals surface area (Å²) in [7, 11) is -2.03. The van der Waals surface area contributed by atoms with E-state index < -0.39 is 13.9 Å². The Labute approximate surface area is 159 Å². The number of hydrogen-bond donors (Lipinski definition) is 0. The third-order valence-corrected chi connectivity index (χ3v) is 9.63. The van der Waals surface area contributed by atoms with Gasteiger partial charge in [0, 0.05) is 5.56 Å². The lowest BCUT2D eigenvalue weighted by atomic mass is 10.1. The van der Waals surface area contributed by atoms with Crippen molar-refractivity contribution >= 4 is 20.1 Å². The largest absolute Gasteiger partial charge is 0.443 e. The molecule has 0 saturated heterocycles. The molecule has 4 nitrogen and oxygen atoms in total. The molecule has 1 heterocycles. The van der Waals surface area contributed by atoms with Crippen LogP contribution in [0.2, 0.25) is 18.1 Å². The Kier molecular flexibility index (Phi) is 5.46. The quantitative estimate of drug-likeness (QED) is 0.476. The fraction of sp³-hybridized carbons (Fsp3) is 0.571. The van der Waals surface area contributed by atoms with Crippen molar-refractivity contribution in [2.45, 2.75) is 77.4 Å². The topological polar surface area (TPSA) is 38.8 Å². The predicted octanol–water partition coefficient (Wildman–Crippen LogP) is 6.06. The van der Waals surface area contributed by atoms with Gasteiger partial charge in [-0.05, 0) is 45.0 Å². The van der Waals surface area contributed by atoms with E-state index in [2.05, 4.69) is 40.4 Å². The Morgan fingerprint density at radius 1 is 1.15 bits per heavy atom. The number of carbonyl (C=O) groups is 1. The van der Waals surface area contributed by atoms with Crippen molar-refractivity contribution in [1.29, 1.82) is 0 Å². The summed E-state index contributed by atoms with van der Waals surface area (Å²) in [6.07, 6.45) is 1.20. The highest BCUT2D eigenvalue weighted by Gasteiger charge is 2.47. The van der Waals surface area contributed by atoms with Crippen LogP contribution in [0, 0.1) is 0 Å². The number of rotatable bonds is 3. The highest BCUT2D eigenvalue weighted by Crippen LogP contribution is 2.47. The average molecular weight is 376 g/mol. The van der Waals surface area contributed by atoms with Crippen molar-refractivity contribution in [1.82, 2.24) is 0 Å². The van der Waals surface area contributed by atoms with Crippen LogP contribution in [0.25, 0.3) is 0 Å². The van der Waals surface area contributed by atoms with Crippen molar-refractivity contribution in [3.05, 3.63) is 42.5 Å². The number of hydrogen-bond acceptors (Lipinski definition) is 3. The maximum Gasteiger partial charge on any atom is 0.415 e. The van der Waals surface area contributed by atoms with Crippen molar-refractivity contribution in [2.75, 3.05) is 4.90 Å². The summed E-state index contributed by atoms with van der Waals surface area (Å²) in [4.78, 5) is 14.6. The van der Waals surface area contributed by atoms with E-state index in [0.717, 1.165) is 11.3 Å². The molecule has 2 unspecified atom stereocenters. The van der Waals surface area contributed by atoms with Gasteiger partial charge in [-0.2, -0.15) is 0 Å². The second-order valence-corrected chi connectivity index (χ2v) is 14.2. The van der Waals surface area contributed by atoms with Gasteiger partial charge in [-0.1, -0.05) is 45.0 Å². The lowest BCUT2D eigenvalue weighted by molar-refractivity contribution is 0.0553. The van der Waals surface area contributed by atoms with Gasteiger partial charge in [0.25, 0.3) is 0 Å². The van der Waals surface area contributed by atoms with Crippen LogP contribution in [0.1, 0.15) is 53.2 Å². The van der Waals surface area contributed by atoms with E-state index in [1.807, 2.05) is 45.0 Å². The minimum absolute atomic E-state index is 0.0764. The zero-order valence-electron chi connectivity index (χ0n) is 17.4. The number of benzene rings is 1. The Morgan fingerprint density at radius 2 is 1.73 bits per heavy atom. The average Bonchev–Trinajstić information content (AvgIpc) is 2.78. The molecule has 5 heteroatoms. The Balaban J connectivity index is 2.45. The maximum absolute atomic E-state index is 12.9. The molecule has 0 aromatic heterocycles. The Morgan fingerprint density at radius 3 is 2.23 bits per heavy atom. The first-order chi connectivity index (χ1) is 11.8. The van der Waals surface area contributed by atoms with E-state index in [-0.39, 0.29) is 23.3 Å². The molecule has 0 N–H and O–H groups in total. The van der Waals surface area contributed by atoms with Gasteiger partial charge in [0.15, 0.2) is 8.32 Å². The van der Waals surface area contributed by atoms with Crippen LogP contribution in [-0.4, -0.2) is 26.1 Å². The first-order valence-electron chi connectivity index (χ1n) is 9.20. The zero-order valence-corrected chi connectivity index (χ0v) is 18.4. The molecule has 0 bridgehead atoms. The van der Waals surface area contributed by atoms with Gasteiger partial charge in [-0.25, -0.2) is 4.79 Å². The first-order valence-corrected chi connectivity index (χ1v) is 12.1. The maximum atomic E-state index is 12.9. The molecule has 0 fully saturated rings. The fourth-order valence-corrected chi connectivity index (χ4v) is 4.07. The lowest BCUT2D eigenvalue weighted by Crippen LogP contribution is -2.46. The van der Waals surface area contributed by atoms with E-state index in [0.29, 0.717) is 0 Å². The molecule has 26 heavy (non-hydrogen) atoms. The molecule has 0 radical (unpaired) electrons. The molecule has 0 saturated carbocycles. The Hall–Kier alpha value is -1.59. The van der Waals surface area contributed by atoms with Crippen molar-refractivity contribution in [3.63, 3.8) is 0 Å². The number of amides is 1. The minimum atomic E-state index is -2.03. The molecular formula is C21H33NO3Si. The number of carbonyl (C=O) groups excluding carboxylic acids is 1. The van der Waals surface area contributed by atoms with Crippen LogP contribution in [0.15, 0.2) is 36.9 Å². The van der Waals surface area contributed by atoms with Gasteiger partial charge >= 0.3 is 6.09 Å². The molecule has 1 aromatic rings. The standard InChI is InChI=1S/C21H33NO3Si/c1-10-16-18(25-26(8,9)21(5,6)7)15-13-11-12-14-17(15)22(16)19(23)24-20(2,3)4/h10-14,16,18H,1H2,2-9H3. The number of anilines is 1. The van der Waals surface area contributed by atoms with Crippen LogP contribution in [0.5, 0.6) is 0 Å².